The first-order valence-corrected chi connectivity index (χ1v) is 7.01. The van der Waals surface area contributed by atoms with Gasteiger partial charge in [0.25, 0.3) is 0 Å². The van der Waals surface area contributed by atoms with E-state index >= 15 is 0 Å². The number of fused-ring (bicyclic) bond motifs is 1. The van der Waals surface area contributed by atoms with Crippen LogP contribution in [0, 0.1) is 0 Å². The summed E-state index contributed by atoms with van der Waals surface area (Å²) in [6, 6.07) is 11.0. The highest BCUT2D eigenvalue weighted by Gasteiger charge is 2.09. The number of ether oxygens (including phenoxy) is 1. The minimum Gasteiger partial charge on any atom is -0.504 e. The Morgan fingerprint density at radius 1 is 1.14 bits per heavy atom. The van der Waals surface area contributed by atoms with Crippen LogP contribution >= 0.6 is 15.9 Å². The maximum Gasteiger partial charge on any atom is 0.162 e. The lowest BCUT2D eigenvalue weighted by atomic mass is 10.2. The van der Waals surface area contributed by atoms with E-state index in [2.05, 4.69) is 31.2 Å². The predicted molar refractivity (Wildman–Crippen MR) is 85.2 cm³/mol. The van der Waals surface area contributed by atoms with Gasteiger partial charge in [0, 0.05) is 21.6 Å². The van der Waals surface area contributed by atoms with Crippen LogP contribution in [-0.2, 0) is 0 Å². The van der Waals surface area contributed by atoms with E-state index in [9.17, 15) is 5.11 Å². The van der Waals surface area contributed by atoms with E-state index in [-0.39, 0.29) is 5.75 Å². The van der Waals surface area contributed by atoms with Crippen LogP contribution in [0.5, 0.6) is 11.5 Å². The molecule has 0 saturated carbocycles. The number of benzene rings is 2. The molecule has 3 rings (SSSR count). The third kappa shape index (κ3) is 2.75. The first-order valence-electron chi connectivity index (χ1n) is 6.21. The van der Waals surface area contributed by atoms with Gasteiger partial charge in [-0.2, -0.15) is 0 Å². The van der Waals surface area contributed by atoms with Crippen molar-refractivity contribution in [3.05, 3.63) is 47.2 Å². The zero-order chi connectivity index (χ0) is 14.8. The highest BCUT2D eigenvalue weighted by Crippen LogP contribution is 2.33. The number of rotatable bonds is 3. The fourth-order valence-electron chi connectivity index (χ4n) is 2.01. The van der Waals surface area contributed by atoms with E-state index in [1.54, 1.807) is 12.1 Å². The third-order valence-corrected chi connectivity index (χ3v) is 3.57. The van der Waals surface area contributed by atoms with Crippen LogP contribution in [-0.4, -0.2) is 22.2 Å². The van der Waals surface area contributed by atoms with Crippen molar-refractivity contribution < 1.29 is 9.84 Å². The summed E-state index contributed by atoms with van der Waals surface area (Å²) in [7, 11) is 1.50. The van der Waals surface area contributed by atoms with Gasteiger partial charge in [-0.1, -0.05) is 15.9 Å². The first kappa shape index (κ1) is 13.6. The lowest BCUT2D eigenvalue weighted by molar-refractivity contribution is 0.374. The molecule has 5 nitrogen and oxygen atoms in total. The number of methoxy groups -OCH3 is 1. The SMILES string of the molecule is COc1cc2ncnc(Nc3ccc(Br)cc3)c2cc1O. The Labute approximate surface area is 129 Å². The quantitative estimate of drug-likeness (QED) is 0.754. The van der Waals surface area contributed by atoms with Gasteiger partial charge in [-0.25, -0.2) is 9.97 Å². The second-order valence-electron chi connectivity index (χ2n) is 4.40. The zero-order valence-electron chi connectivity index (χ0n) is 11.2. The van der Waals surface area contributed by atoms with Gasteiger partial charge in [-0.05, 0) is 30.3 Å². The molecule has 1 heterocycles. The molecule has 0 aliphatic carbocycles. The van der Waals surface area contributed by atoms with Crippen molar-refractivity contribution in [1.29, 1.82) is 0 Å². The van der Waals surface area contributed by atoms with Gasteiger partial charge in [0.15, 0.2) is 11.5 Å². The summed E-state index contributed by atoms with van der Waals surface area (Å²) in [4.78, 5) is 8.43. The molecule has 3 aromatic rings. The zero-order valence-corrected chi connectivity index (χ0v) is 12.8. The Kier molecular flexibility index (Phi) is 3.62. The predicted octanol–water partition coefficient (Wildman–Crippen LogP) is 3.85. The Morgan fingerprint density at radius 2 is 1.90 bits per heavy atom. The van der Waals surface area contributed by atoms with Crippen LogP contribution in [0.15, 0.2) is 47.2 Å². The highest BCUT2D eigenvalue weighted by atomic mass is 79.9. The van der Waals surface area contributed by atoms with E-state index in [4.69, 9.17) is 4.74 Å². The van der Waals surface area contributed by atoms with Gasteiger partial charge in [0.05, 0.1) is 12.6 Å². The lowest BCUT2D eigenvalue weighted by Crippen LogP contribution is -1.96. The van der Waals surface area contributed by atoms with Gasteiger partial charge in [0.2, 0.25) is 0 Å². The smallest absolute Gasteiger partial charge is 0.162 e. The molecular weight excluding hydrogens is 334 g/mol. The number of aromatic nitrogens is 2. The molecule has 2 aromatic carbocycles. The summed E-state index contributed by atoms with van der Waals surface area (Å²) in [6.07, 6.45) is 1.47. The normalized spacial score (nSPS) is 10.6. The maximum atomic E-state index is 9.92. The molecule has 106 valence electrons. The number of hydrogen-bond acceptors (Lipinski definition) is 5. The van der Waals surface area contributed by atoms with Crippen molar-refractivity contribution >= 4 is 38.3 Å². The number of hydrogen-bond donors (Lipinski definition) is 2. The number of phenols is 1. The summed E-state index contributed by atoms with van der Waals surface area (Å²) >= 11 is 3.40. The van der Waals surface area contributed by atoms with Crippen LogP contribution in [0.3, 0.4) is 0 Å². The number of anilines is 2. The Bertz CT molecular complexity index is 791. The molecule has 6 heteroatoms. The fraction of sp³-hybridized carbons (Fsp3) is 0.0667. The molecule has 0 aliphatic heterocycles. The second kappa shape index (κ2) is 5.57. The van der Waals surface area contributed by atoms with Crippen LogP contribution < -0.4 is 10.1 Å². The monoisotopic (exact) mass is 345 g/mol. The Morgan fingerprint density at radius 3 is 2.62 bits per heavy atom. The van der Waals surface area contributed by atoms with Crippen LogP contribution in [0.4, 0.5) is 11.5 Å². The number of halogens is 1. The molecule has 21 heavy (non-hydrogen) atoms. The van der Waals surface area contributed by atoms with Gasteiger partial charge >= 0.3 is 0 Å². The van der Waals surface area contributed by atoms with Gasteiger partial charge in [-0.15, -0.1) is 0 Å². The van der Waals surface area contributed by atoms with Gasteiger partial charge in [-0.3, -0.25) is 0 Å². The van der Waals surface area contributed by atoms with E-state index < -0.39 is 0 Å². The van der Waals surface area contributed by atoms with Crippen LogP contribution in [0.25, 0.3) is 10.9 Å². The standard InChI is InChI=1S/C15H12BrN3O2/c1-21-14-7-12-11(6-13(14)20)15(18-8-17-12)19-10-4-2-9(16)3-5-10/h2-8,20H,1H3,(H,17,18,19). The van der Waals surface area contributed by atoms with E-state index in [0.29, 0.717) is 17.1 Å². The van der Waals surface area contributed by atoms with Crippen molar-refractivity contribution in [2.45, 2.75) is 0 Å². The van der Waals surface area contributed by atoms with Crippen LogP contribution in [0.2, 0.25) is 0 Å². The van der Waals surface area contributed by atoms with Crippen molar-refractivity contribution in [2.24, 2.45) is 0 Å². The molecule has 1 aromatic heterocycles. The number of aromatic hydroxyl groups is 1. The highest BCUT2D eigenvalue weighted by molar-refractivity contribution is 9.10. The van der Waals surface area contributed by atoms with E-state index in [1.807, 2.05) is 24.3 Å². The van der Waals surface area contributed by atoms with Crippen molar-refractivity contribution in [3.8, 4) is 11.5 Å². The molecule has 0 fully saturated rings. The van der Waals surface area contributed by atoms with Crippen molar-refractivity contribution in [2.75, 3.05) is 12.4 Å². The molecule has 0 saturated heterocycles. The summed E-state index contributed by atoms with van der Waals surface area (Å²) < 4.78 is 6.09. The van der Waals surface area contributed by atoms with Gasteiger partial charge in [0.1, 0.15) is 12.1 Å². The number of nitrogens with zero attached hydrogens (tertiary/aromatic N) is 2. The summed E-state index contributed by atoms with van der Waals surface area (Å²) in [5.41, 5.74) is 1.59. The van der Waals surface area contributed by atoms with Crippen LogP contribution in [0.1, 0.15) is 0 Å². The lowest BCUT2D eigenvalue weighted by Gasteiger charge is -2.10. The Balaban J connectivity index is 2.06. The number of phenolic OH excluding ortho intramolecular Hbond substituents is 1. The molecule has 0 atom stereocenters. The molecule has 0 spiro atoms. The van der Waals surface area contributed by atoms with E-state index in [1.165, 1.54) is 13.4 Å². The average molecular weight is 346 g/mol. The third-order valence-electron chi connectivity index (χ3n) is 3.04. The molecule has 0 aliphatic rings. The van der Waals surface area contributed by atoms with E-state index in [0.717, 1.165) is 15.5 Å². The molecular formula is C15H12BrN3O2. The summed E-state index contributed by atoms with van der Waals surface area (Å²) in [5, 5.41) is 13.9. The Hall–Kier alpha value is -2.34. The van der Waals surface area contributed by atoms with Crippen molar-refractivity contribution in [1.82, 2.24) is 9.97 Å². The fourth-order valence-corrected chi connectivity index (χ4v) is 2.27. The topological polar surface area (TPSA) is 67.3 Å². The largest absolute Gasteiger partial charge is 0.504 e. The first-order chi connectivity index (χ1) is 10.2. The maximum absolute atomic E-state index is 9.92. The minimum absolute atomic E-state index is 0.0543. The molecule has 0 bridgehead atoms. The molecule has 2 N–H and O–H groups in total. The number of nitrogens with one attached hydrogen (secondary N) is 1. The van der Waals surface area contributed by atoms with Crippen molar-refractivity contribution in [3.63, 3.8) is 0 Å². The minimum atomic E-state index is 0.0543. The molecule has 0 radical (unpaired) electrons. The summed E-state index contributed by atoms with van der Waals surface area (Å²) in [5.74, 6) is 1.06. The second-order valence-corrected chi connectivity index (χ2v) is 5.31. The van der Waals surface area contributed by atoms with Gasteiger partial charge < -0.3 is 15.2 Å². The molecule has 0 unspecified atom stereocenters. The summed E-state index contributed by atoms with van der Waals surface area (Å²) in [6.45, 7) is 0. The molecule has 0 amide bonds. The average Bonchev–Trinajstić information content (AvgIpc) is 2.49.